The maximum Gasteiger partial charge on any atom is 0.0792 e. The van der Waals surface area contributed by atoms with Crippen LogP contribution in [0.15, 0.2) is 40.8 Å². The fraction of sp³-hybridized carbons (Fsp3) is 0.545. The van der Waals surface area contributed by atoms with Gasteiger partial charge >= 0.3 is 0 Å². The summed E-state index contributed by atoms with van der Waals surface area (Å²) in [7, 11) is 0. The Bertz CT molecular complexity index is 659. The molecule has 3 atom stereocenters. The first-order valence-corrected chi connectivity index (χ1v) is 10.1. The molecule has 1 saturated heterocycles. The summed E-state index contributed by atoms with van der Waals surface area (Å²) in [6, 6.07) is 12.5. The zero-order valence-electron chi connectivity index (χ0n) is 16.3. The van der Waals surface area contributed by atoms with Crippen LogP contribution in [0.4, 0.5) is 5.69 Å². The maximum absolute atomic E-state index is 10.3. The summed E-state index contributed by atoms with van der Waals surface area (Å²) >= 11 is 6.61. The standard InChI is InChI=1S/C22H29ClNO2.Y/c1-16(2)15-22(25)17-8-10-18(11-9-17)24-13-12-20(23)21(24)7-3-5-19-6-4-14-26-19;/h4,6,8-11,16,20-22,25H,3,5,7,12-13,15H2,1-2H3;/q-1;. The molecule has 1 fully saturated rings. The Labute approximate surface area is 193 Å². The molecule has 3 nitrogen and oxygen atoms in total. The van der Waals surface area contributed by atoms with Gasteiger partial charge in [-0.3, -0.25) is 0 Å². The van der Waals surface area contributed by atoms with Crippen LogP contribution in [0.25, 0.3) is 0 Å². The first kappa shape index (κ1) is 22.9. The molecular weight excluding hydrogens is 435 g/mol. The van der Waals surface area contributed by atoms with Crippen molar-refractivity contribution in [1.82, 2.24) is 0 Å². The summed E-state index contributed by atoms with van der Waals surface area (Å²) in [5, 5.41) is 10.5. The first-order chi connectivity index (χ1) is 12.5. The SMILES string of the molecule is CC(C)CC(O)c1ccc(N2CCC(Cl)C2CCCc2cc[c-]o2)cc1.[Y]. The third kappa shape index (κ3) is 6.32. The van der Waals surface area contributed by atoms with Gasteiger partial charge in [0.15, 0.2) is 0 Å². The number of aliphatic hydroxyl groups excluding tert-OH is 1. The quantitative estimate of drug-likeness (QED) is 0.422. The largest absolute Gasteiger partial charge is 0.596 e. The van der Waals surface area contributed by atoms with E-state index in [0.717, 1.165) is 50.0 Å². The van der Waals surface area contributed by atoms with Crippen LogP contribution in [-0.4, -0.2) is 23.1 Å². The molecular formula is C22H29ClNO2Y-. The van der Waals surface area contributed by atoms with Gasteiger partial charge in [-0.1, -0.05) is 44.6 Å². The topological polar surface area (TPSA) is 36.6 Å². The smallest absolute Gasteiger partial charge is 0.0792 e. The van der Waals surface area contributed by atoms with Gasteiger partial charge in [-0.2, -0.15) is 6.07 Å². The van der Waals surface area contributed by atoms with Gasteiger partial charge in [-0.05, 0) is 49.1 Å². The number of halogens is 1. The molecule has 5 heteroatoms. The summed E-state index contributed by atoms with van der Waals surface area (Å²) in [5.41, 5.74) is 2.19. The Morgan fingerprint density at radius 1 is 1.26 bits per heavy atom. The molecule has 3 unspecified atom stereocenters. The summed E-state index contributed by atoms with van der Waals surface area (Å²) in [6.07, 6.45) is 7.19. The van der Waals surface area contributed by atoms with E-state index in [1.54, 1.807) is 0 Å². The van der Waals surface area contributed by atoms with Gasteiger partial charge in [-0.25, -0.2) is 0 Å². The minimum atomic E-state index is -0.385. The van der Waals surface area contributed by atoms with Crippen molar-refractivity contribution < 1.29 is 42.2 Å². The fourth-order valence-electron chi connectivity index (χ4n) is 3.83. The molecule has 1 radical (unpaired) electrons. The molecule has 1 N–H and O–H groups in total. The van der Waals surface area contributed by atoms with Crippen molar-refractivity contribution >= 4 is 17.3 Å². The number of hydrogen-bond acceptors (Lipinski definition) is 3. The second kappa shape index (κ2) is 11.0. The summed E-state index contributed by atoms with van der Waals surface area (Å²) in [4.78, 5) is 2.42. The van der Waals surface area contributed by atoms with E-state index in [2.05, 4.69) is 49.3 Å². The predicted octanol–water partition coefficient (Wildman–Crippen LogP) is 5.37. The van der Waals surface area contributed by atoms with E-state index in [-0.39, 0.29) is 44.2 Å². The number of hydrogen-bond donors (Lipinski definition) is 1. The van der Waals surface area contributed by atoms with Crippen molar-refractivity contribution in [3.63, 3.8) is 0 Å². The third-order valence-corrected chi connectivity index (χ3v) is 5.73. The van der Waals surface area contributed by atoms with Crippen molar-refractivity contribution in [2.75, 3.05) is 11.4 Å². The van der Waals surface area contributed by atoms with Gasteiger partial charge in [0.25, 0.3) is 0 Å². The molecule has 2 heterocycles. The van der Waals surface area contributed by atoms with Crippen molar-refractivity contribution in [2.45, 2.75) is 63.5 Å². The molecule has 1 aliphatic rings. The number of nitrogens with zero attached hydrogens (tertiary/aromatic N) is 1. The molecule has 3 rings (SSSR count). The number of rotatable bonds is 8. The second-order valence-corrected chi connectivity index (χ2v) is 8.27. The van der Waals surface area contributed by atoms with Crippen LogP contribution in [0.3, 0.4) is 0 Å². The molecule has 0 aliphatic carbocycles. The van der Waals surface area contributed by atoms with E-state index in [1.807, 2.05) is 12.1 Å². The maximum atomic E-state index is 10.3. The Balaban J connectivity index is 0.00000261. The van der Waals surface area contributed by atoms with Crippen LogP contribution in [0.1, 0.15) is 57.0 Å². The van der Waals surface area contributed by atoms with Crippen LogP contribution in [-0.2, 0) is 39.1 Å². The average Bonchev–Trinajstić information content (AvgIpc) is 3.25. The molecule has 0 amide bonds. The van der Waals surface area contributed by atoms with E-state index in [9.17, 15) is 5.11 Å². The number of furan rings is 1. The Kier molecular flexibility index (Phi) is 9.34. The number of aryl methyl sites for hydroxylation is 1. The van der Waals surface area contributed by atoms with E-state index < -0.39 is 0 Å². The number of aliphatic hydroxyl groups is 1. The van der Waals surface area contributed by atoms with Gasteiger partial charge in [0.05, 0.1) is 11.5 Å². The van der Waals surface area contributed by atoms with Crippen molar-refractivity contribution in [3.8, 4) is 0 Å². The van der Waals surface area contributed by atoms with Crippen molar-refractivity contribution in [3.05, 3.63) is 54.0 Å². The van der Waals surface area contributed by atoms with E-state index in [0.29, 0.717) is 12.0 Å². The Hall–Kier alpha value is -0.346. The normalized spacial score (nSPS) is 20.7. The Morgan fingerprint density at radius 2 is 2.00 bits per heavy atom. The number of alkyl halides is 1. The average molecular weight is 464 g/mol. The summed E-state index contributed by atoms with van der Waals surface area (Å²) in [5.74, 6) is 1.47. The van der Waals surface area contributed by atoms with Crippen LogP contribution in [0, 0.1) is 12.2 Å². The van der Waals surface area contributed by atoms with Gasteiger partial charge in [-0.15, -0.1) is 17.7 Å². The van der Waals surface area contributed by atoms with Gasteiger partial charge in [0.1, 0.15) is 0 Å². The first-order valence-electron chi connectivity index (χ1n) is 9.68. The van der Waals surface area contributed by atoms with Crippen LogP contribution in [0.5, 0.6) is 0 Å². The molecule has 1 aliphatic heterocycles. The van der Waals surface area contributed by atoms with E-state index >= 15 is 0 Å². The van der Waals surface area contributed by atoms with Gasteiger partial charge in [0, 0.05) is 51.0 Å². The molecule has 1 aromatic heterocycles. The zero-order valence-corrected chi connectivity index (χ0v) is 19.9. The van der Waals surface area contributed by atoms with Gasteiger partial charge in [0.2, 0.25) is 0 Å². The zero-order chi connectivity index (χ0) is 18.5. The third-order valence-electron chi connectivity index (χ3n) is 5.22. The monoisotopic (exact) mass is 463 g/mol. The summed E-state index contributed by atoms with van der Waals surface area (Å²) in [6.45, 7) is 5.25. The second-order valence-electron chi connectivity index (χ2n) is 7.71. The molecule has 145 valence electrons. The van der Waals surface area contributed by atoms with E-state index in [1.165, 1.54) is 5.69 Å². The van der Waals surface area contributed by atoms with Crippen molar-refractivity contribution in [2.24, 2.45) is 5.92 Å². The fourth-order valence-corrected chi connectivity index (χ4v) is 4.19. The van der Waals surface area contributed by atoms with E-state index in [4.69, 9.17) is 16.0 Å². The van der Waals surface area contributed by atoms with Gasteiger partial charge < -0.3 is 14.4 Å². The Morgan fingerprint density at radius 3 is 2.63 bits per heavy atom. The molecule has 0 saturated carbocycles. The number of benzene rings is 1. The minimum absolute atomic E-state index is 0. The molecule has 0 spiro atoms. The van der Waals surface area contributed by atoms with Crippen LogP contribution >= 0.6 is 11.6 Å². The molecule has 27 heavy (non-hydrogen) atoms. The van der Waals surface area contributed by atoms with Crippen LogP contribution < -0.4 is 4.90 Å². The predicted molar refractivity (Wildman–Crippen MR) is 107 cm³/mol. The molecule has 2 aromatic rings. The van der Waals surface area contributed by atoms with Crippen LogP contribution in [0.2, 0.25) is 0 Å². The molecule has 1 aromatic carbocycles. The summed E-state index contributed by atoms with van der Waals surface area (Å²) < 4.78 is 5.30. The number of anilines is 1. The van der Waals surface area contributed by atoms with Crippen molar-refractivity contribution in [1.29, 1.82) is 0 Å². The molecule has 0 bridgehead atoms. The minimum Gasteiger partial charge on any atom is -0.596 e.